The van der Waals surface area contributed by atoms with Crippen LogP contribution in [-0.2, 0) is 14.3 Å². The van der Waals surface area contributed by atoms with E-state index < -0.39 is 30.4 Å². The van der Waals surface area contributed by atoms with Crippen molar-refractivity contribution in [3.63, 3.8) is 0 Å². The van der Waals surface area contributed by atoms with Gasteiger partial charge in [0.1, 0.15) is 18.0 Å². The van der Waals surface area contributed by atoms with Crippen LogP contribution in [0.25, 0.3) is 0 Å². The number of nitrogens with one attached hydrogen (secondary N) is 2. The minimum Gasteiger partial charge on any atom is -0.497 e. The smallest absolute Gasteiger partial charge is 0.326 e. The Labute approximate surface area is 179 Å². The third kappa shape index (κ3) is 6.12. The third-order valence-electron chi connectivity index (χ3n) is 4.14. The molecule has 2 aromatic carbocycles. The van der Waals surface area contributed by atoms with Gasteiger partial charge in [0.2, 0.25) is 0 Å². The van der Waals surface area contributed by atoms with Crippen LogP contribution < -0.4 is 20.1 Å². The van der Waals surface area contributed by atoms with Gasteiger partial charge in [-0.25, -0.2) is 0 Å². The van der Waals surface area contributed by atoms with E-state index in [0.29, 0.717) is 27.8 Å². The number of rotatable bonds is 8. The summed E-state index contributed by atoms with van der Waals surface area (Å²) in [5.41, 5.74) is 1.48. The van der Waals surface area contributed by atoms with Crippen molar-refractivity contribution in [1.82, 2.24) is 5.32 Å². The van der Waals surface area contributed by atoms with Gasteiger partial charge >= 0.3 is 5.97 Å². The summed E-state index contributed by atoms with van der Waals surface area (Å²) in [6.45, 7) is 2.81. The topological polar surface area (TPSA) is 103 Å². The van der Waals surface area contributed by atoms with Crippen molar-refractivity contribution in [1.29, 1.82) is 0 Å². The summed E-state index contributed by atoms with van der Waals surface area (Å²) in [7, 11) is 2.94. The molecule has 0 fully saturated rings. The maximum atomic E-state index is 12.4. The van der Waals surface area contributed by atoms with E-state index in [1.54, 1.807) is 37.3 Å². The van der Waals surface area contributed by atoms with Gasteiger partial charge in [0.15, 0.2) is 6.10 Å². The molecular weight excluding hydrogens is 412 g/mol. The lowest BCUT2D eigenvalue weighted by Gasteiger charge is -2.16. The van der Waals surface area contributed by atoms with Crippen molar-refractivity contribution in [2.45, 2.75) is 20.0 Å². The average Bonchev–Trinajstić information content (AvgIpc) is 2.74. The first-order valence-electron chi connectivity index (χ1n) is 9.02. The van der Waals surface area contributed by atoms with E-state index in [-0.39, 0.29) is 0 Å². The Morgan fingerprint density at radius 1 is 1.10 bits per heavy atom. The Hall–Kier alpha value is -3.26. The first-order chi connectivity index (χ1) is 14.2. The monoisotopic (exact) mass is 434 g/mol. The number of hydrogen-bond acceptors (Lipinski definition) is 6. The van der Waals surface area contributed by atoms with Crippen molar-refractivity contribution in [2.75, 3.05) is 26.1 Å². The van der Waals surface area contributed by atoms with Crippen LogP contribution in [0.15, 0.2) is 36.4 Å². The minimum atomic E-state index is -1.09. The van der Waals surface area contributed by atoms with Crippen molar-refractivity contribution in [3.05, 3.63) is 52.5 Å². The molecule has 8 nitrogen and oxygen atoms in total. The highest BCUT2D eigenvalue weighted by molar-refractivity contribution is 6.31. The Morgan fingerprint density at radius 2 is 1.83 bits per heavy atom. The van der Waals surface area contributed by atoms with Crippen molar-refractivity contribution in [3.8, 4) is 11.5 Å². The van der Waals surface area contributed by atoms with Crippen LogP contribution in [0.3, 0.4) is 0 Å². The maximum Gasteiger partial charge on any atom is 0.326 e. The SMILES string of the molecule is COc1cccc(C(=O)NCC(=O)OC(C)C(=O)Nc2cc(C)c(Cl)cc2OC)c1. The highest BCUT2D eigenvalue weighted by atomic mass is 35.5. The lowest BCUT2D eigenvalue weighted by atomic mass is 10.2. The Balaban J connectivity index is 1.90. The quantitative estimate of drug-likeness (QED) is 0.619. The number of benzene rings is 2. The van der Waals surface area contributed by atoms with Gasteiger partial charge in [-0.15, -0.1) is 0 Å². The van der Waals surface area contributed by atoms with Gasteiger partial charge in [0, 0.05) is 16.7 Å². The molecule has 160 valence electrons. The second-order valence-electron chi connectivity index (χ2n) is 6.34. The molecule has 1 unspecified atom stereocenters. The van der Waals surface area contributed by atoms with Crippen molar-refractivity contribution < 1.29 is 28.6 Å². The second kappa shape index (κ2) is 10.5. The number of esters is 1. The molecule has 0 saturated heterocycles. The average molecular weight is 435 g/mol. The molecule has 0 saturated carbocycles. The number of anilines is 1. The van der Waals surface area contributed by atoms with E-state index in [9.17, 15) is 14.4 Å². The molecule has 0 aliphatic carbocycles. The molecule has 2 rings (SSSR count). The molecule has 30 heavy (non-hydrogen) atoms. The third-order valence-corrected chi connectivity index (χ3v) is 4.55. The van der Waals surface area contributed by atoms with Crippen LogP contribution in [0.1, 0.15) is 22.8 Å². The van der Waals surface area contributed by atoms with Crippen LogP contribution in [0.5, 0.6) is 11.5 Å². The number of carbonyl (C=O) groups excluding carboxylic acids is 3. The predicted molar refractivity (Wildman–Crippen MR) is 112 cm³/mol. The molecular formula is C21H23ClN2O6. The van der Waals surface area contributed by atoms with E-state index in [1.807, 2.05) is 0 Å². The summed E-state index contributed by atoms with van der Waals surface area (Å²) in [5.74, 6) is -0.883. The Morgan fingerprint density at radius 3 is 2.50 bits per heavy atom. The lowest BCUT2D eigenvalue weighted by Crippen LogP contribution is -2.35. The van der Waals surface area contributed by atoms with Crippen molar-refractivity contribution in [2.24, 2.45) is 0 Å². The molecule has 0 aliphatic rings. The van der Waals surface area contributed by atoms with Gasteiger partial charge in [0.05, 0.1) is 19.9 Å². The van der Waals surface area contributed by atoms with Gasteiger partial charge in [0.25, 0.3) is 11.8 Å². The fourth-order valence-corrected chi connectivity index (χ4v) is 2.63. The number of aryl methyl sites for hydroxylation is 1. The number of methoxy groups -OCH3 is 2. The zero-order valence-corrected chi connectivity index (χ0v) is 17.8. The number of carbonyl (C=O) groups is 3. The van der Waals surface area contributed by atoms with Gasteiger partial charge in [-0.05, 0) is 43.7 Å². The fourth-order valence-electron chi connectivity index (χ4n) is 2.48. The first-order valence-corrected chi connectivity index (χ1v) is 9.39. The molecule has 2 N–H and O–H groups in total. The van der Waals surface area contributed by atoms with E-state index in [2.05, 4.69) is 10.6 Å². The van der Waals surface area contributed by atoms with Crippen LogP contribution in [0, 0.1) is 6.92 Å². The van der Waals surface area contributed by atoms with Crippen LogP contribution in [0.4, 0.5) is 5.69 Å². The summed E-state index contributed by atoms with van der Waals surface area (Å²) in [4.78, 5) is 36.5. The Kier molecular flexibility index (Phi) is 8.06. The standard InChI is InChI=1S/C21H23ClN2O6/c1-12-8-17(18(29-4)10-16(12)22)24-20(26)13(2)30-19(25)11-23-21(27)14-6-5-7-15(9-14)28-3/h5-10,13H,11H2,1-4H3,(H,23,27)(H,24,26). The highest BCUT2D eigenvalue weighted by Crippen LogP contribution is 2.31. The highest BCUT2D eigenvalue weighted by Gasteiger charge is 2.20. The van der Waals surface area contributed by atoms with Gasteiger partial charge in [-0.2, -0.15) is 0 Å². The lowest BCUT2D eigenvalue weighted by molar-refractivity contribution is -0.152. The molecule has 0 heterocycles. The summed E-state index contributed by atoms with van der Waals surface area (Å²) in [6.07, 6.45) is -1.09. The minimum absolute atomic E-state index is 0.332. The molecule has 9 heteroatoms. The molecule has 0 spiro atoms. The summed E-state index contributed by atoms with van der Waals surface area (Å²) in [5, 5.41) is 5.57. The van der Waals surface area contributed by atoms with Crippen LogP contribution in [-0.4, -0.2) is 44.7 Å². The first kappa shape index (κ1) is 23.0. The summed E-state index contributed by atoms with van der Waals surface area (Å²) in [6, 6.07) is 9.71. The molecule has 2 aromatic rings. The van der Waals surface area contributed by atoms with Crippen LogP contribution >= 0.6 is 11.6 Å². The predicted octanol–water partition coefficient (Wildman–Crippen LogP) is 2.97. The van der Waals surface area contributed by atoms with E-state index in [1.165, 1.54) is 27.2 Å². The number of hydrogen-bond donors (Lipinski definition) is 2. The largest absolute Gasteiger partial charge is 0.497 e. The van der Waals surface area contributed by atoms with Gasteiger partial charge < -0.3 is 24.8 Å². The Bertz CT molecular complexity index is 947. The van der Waals surface area contributed by atoms with Crippen molar-refractivity contribution >= 4 is 35.1 Å². The van der Waals surface area contributed by atoms with Crippen LogP contribution in [0.2, 0.25) is 5.02 Å². The molecule has 2 amide bonds. The summed E-state index contributed by atoms with van der Waals surface area (Å²) >= 11 is 6.05. The number of ether oxygens (including phenoxy) is 3. The number of halogens is 1. The molecule has 0 radical (unpaired) electrons. The van der Waals surface area contributed by atoms with Gasteiger partial charge in [-0.1, -0.05) is 17.7 Å². The zero-order valence-electron chi connectivity index (χ0n) is 17.1. The second-order valence-corrected chi connectivity index (χ2v) is 6.74. The van der Waals surface area contributed by atoms with E-state index >= 15 is 0 Å². The molecule has 0 bridgehead atoms. The number of amides is 2. The van der Waals surface area contributed by atoms with E-state index in [4.69, 9.17) is 25.8 Å². The molecule has 0 aromatic heterocycles. The van der Waals surface area contributed by atoms with Gasteiger partial charge in [-0.3, -0.25) is 14.4 Å². The fraction of sp³-hybridized carbons (Fsp3) is 0.286. The maximum absolute atomic E-state index is 12.4. The van der Waals surface area contributed by atoms with E-state index in [0.717, 1.165) is 5.56 Å². The molecule has 1 atom stereocenters. The zero-order chi connectivity index (χ0) is 22.3. The summed E-state index contributed by atoms with van der Waals surface area (Å²) < 4.78 is 15.3. The normalized spacial score (nSPS) is 11.2. The molecule has 0 aliphatic heterocycles.